The number of hydrogen-bond donors (Lipinski definition) is 0. The van der Waals surface area contributed by atoms with E-state index < -0.39 is 0 Å². The van der Waals surface area contributed by atoms with Crippen LogP contribution in [0.3, 0.4) is 0 Å². The van der Waals surface area contributed by atoms with E-state index in [0.29, 0.717) is 5.92 Å². The van der Waals surface area contributed by atoms with Gasteiger partial charge >= 0.3 is 0 Å². The molecule has 0 heterocycles. The van der Waals surface area contributed by atoms with Gasteiger partial charge in [-0.1, -0.05) is 44.2 Å². The second-order valence-corrected chi connectivity index (χ2v) is 4.06. The summed E-state index contributed by atoms with van der Waals surface area (Å²) in [6.07, 6.45) is 0. The molecule has 0 aromatic heterocycles. The standard InChI is InChI=1S/C14H16O/c1-10(2)11-8-9-14(15-3)13-7-5-4-6-12(11)13/h4-10H,1-3H3. The minimum Gasteiger partial charge on any atom is -0.496 e. The number of benzene rings is 2. The smallest absolute Gasteiger partial charge is 0.126 e. The van der Waals surface area contributed by atoms with Crippen molar-refractivity contribution >= 4 is 10.8 Å². The van der Waals surface area contributed by atoms with Crippen LogP contribution in [-0.4, -0.2) is 7.11 Å². The van der Waals surface area contributed by atoms with Crippen LogP contribution in [0.4, 0.5) is 0 Å². The highest BCUT2D eigenvalue weighted by Crippen LogP contribution is 2.31. The molecule has 0 bridgehead atoms. The van der Waals surface area contributed by atoms with Crippen molar-refractivity contribution in [1.82, 2.24) is 0 Å². The van der Waals surface area contributed by atoms with E-state index in [1.165, 1.54) is 16.3 Å². The Morgan fingerprint density at radius 3 is 2.20 bits per heavy atom. The van der Waals surface area contributed by atoms with Gasteiger partial charge in [0.25, 0.3) is 0 Å². The molecule has 2 aromatic rings. The Balaban J connectivity index is 2.77. The maximum Gasteiger partial charge on any atom is 0.126 e. The summed E-state index contributed by atoms with van der Waals surface area (Å²) >= 11 is 0. The van der Waals surface area contributed by atoms with Gasteiger partial charge in [-0.3, -0.25) is 0 Å². The monoisotopic (exact) mass is 200 g/mol. The molecule has 0 N–H and O–H groups in total. The first kappa shape index (κ1) is 10.0. The third-order valence-corrected chi connectivity index (χ3v) is 2.76. The summed E-state index contributed by atoms with van der Waals surface area (Å²) in [7, 11) is 1.72. The van der Waals surface area contributed by atoms with Crippen molar-refractivity contribution < 1.29 is 4.74 Å². The number of ether oxygens (including phenoxy) is 1. The molecule has 0 aliphatic carbocycles. The van der Waals surface area contributed by atoms with E-state index in [-0.39, 0.29) is 0 Å². The summed E-state index contributed by atoms with van der Waals surface area (Å²) in [5.41, 5.74) is 1.38. The topological polar surface area (TPSA) is 9.23 Å². The van der Waals surface area contributed by atoms with Crippen molar-refractivity contribution in [3.05, 3.63) is 42.0 Å². The van der Waals surface area contributed by atoms with Crippen LogP contribution in [0.25, 0.3) is 10.8 Å². The Bertz CT molecular complexity index is 472. The van der Waals surface area contributed by atoms with E-state index in [2.05, 4.69) is 50.2 Å². The number of rotatable bonds is 2. The van der Waals surface area contributed by atoms with Crippen molar-refractivity contribution in [1.29, 1.82) is 0 Å². The summed E-state index contributed by atoms with van der Waals surface area (Å²) in [4.78, 5) is 0. The lowest BCUT2D eigenvalue weighted by Gasteiger charge is -2.12. The van der Waals surface area contributed by atoms with E-state index in [1.54, 1.807) is 7.11 Å². The molecule has 2 aromatic carbocycles. The van der Waals surface area contributed by atoms with Gasteiger partial charge in [0.15, 0.2) is 0 Å². The molecule has 0 amide bonds. The van der Waals surface area contributed by atoms with E-state index in [0.717, 1.165) is 5.75 Å². The Morgan fingerprint density at radius 1 is 0.933 bits per heavy atom. The van der Waals surface area contributed by atoms with Gasteiger partial charge in [-0.05, 0) is 22.9 Å². The van der Waals surface area contributed by atoms with Crippen LogP contribution >= 0.6 is 0 Å². The van der Waals surface area contributed by atoms with Gasteiger partial charge in [-0.15, -0.1) is 0 Å². The zero-order chi connectivity index (χ0) is 10.8. The zero-order valence-corrected chi connectivity index (χ0v) is 9.45. The molecular weight excluding hydrogens is 184 g/mol. The average Bonchev–Trinajstić information content (AvgIpc) is 2.27. The fraction of sp³-hybridized carbons (Fsp3) is 0.286. The van der Waals surface area contributed by atoms with Crippen LogP contribution in [-0.2, 0) is 0 Å². The molecule has 0 unspecified atom stereocenters. The van der Waals surface area contributed by atoms with Crippen LogP contribution in [0.2, 0.25) is 0 Å². The highest BCUT2D eigenvalue weighted by atomic mass is 16.5. The first-order chi connectivity index (χ1) is 7.24. The second-order valence-electron chi connectivity index (χ2n) is 4.06. The van der Waals surface area contributed by atoms with Crippen molar-refractivity contribution in [3.8, 4) is 5.75 Å². The van der Waals surface area contributed by atoms with Crippen molar-refractivity contribution in [2.24, 2.45) is 0 Å². The molecule has 0 fully saturated rings. The van der Waals surface area contributed by atoms with Crippen molar-refractivity contribution in [3.63, 3.8) is 0 Å². The number of hydrogen-bond acceptors (Lipinski definition) is 1. The maximum absolute atomic E-state index is 5.36. The van der Waals surface area contributed by atoms with Gasteiger partial charge < -0.3 is 4.74 Å². The van der Waals surface area contributed by atoms with Gasteiger partial charge in [0, 0.05) is 5.39 Å². The largest absolute Gasteiger partial charge is 0.496 e. The molecule has 2 rings (SSSR count). The molecule has 1 nitrogen and oxygen atoms in total. The Labute approximate surface area is 90.7 Å². The van der Waals surface area contributed by atoms with Crippen LogP contribution in [0, 0.1) is 0 Å². The predicted molar refractivity (Wildman–Crippen MR) is 64.6 cm³/mol. The van der Waals surface area contributed by atoms with E-state index >= 15 is 0 Å². The second kappa shape index (κ2) is 3.93. The quantitative estimate of drug-likeness (QED) is 0.712. The summed E-state index contributed by atoms with van der Waals surface area (Å²) < 4.78 is 5.36. The molecule has 0 aliphatic rings. The molecule has 0 saturated carbocycles. The highest BCUT2D eigenvalue weighted by Gasteiger charge is 2.07. The Hall–Kier alpha value is -1.50. The van der Waals surface area contributed by atoms with Gasteiger partial charge in [0.1, 0.15) is 5.75 Å². The van der Waals surface area contributed by atoms with Gasteiger partial charge in [0.05, 0.1) is 7.11 Å². The van der Waals surface area contributed by atoms with Gasteiger partial charge in [0.2, 0.25) is 0 Å². The lowest BCUT2D eigenvalue weighted by atomic mass is 9.96. The third kappa shape index (κ3) is 1.70. The van der Waals surface area contributed by atoms with Crippen LogP contribution in [0.5, 0.6) is 5.75 Å². The Kier molecular flexibility index (Phi) is 2.63. The molecule has 78 valence electrons. The van der Waals surface area contributed by atoms with Crippen molar-refractivity contribution in [2.75, 3.05) is 7.11 Å². The highest BCUT2D eigenvalue weighted by molar-refractivity contribution is 5.91. The number of fused-ring (bicyclic) bond motifs is 1. The van der Waals surface area contributed by atoms with Crippen molar-refractivity contribution in [2.45, 2.75) is 19.8 Å². The minimum absolute atomic E-state index is 0.542. The van der Waals surface area contributed by atoms with E-state index in [4.69, 9.17) is 4.74 Å². The SMILES string of the molecule is COc1ccc(C(C)C)c2ccccc12. The molecule has 0 spiro atoms. The van der Waals surface area contributed by atoms with E-state index in [9.17, 15) is 0 Å². The fourth-order valence-electron chi connectivity index (χ4n) is 1.98. The molecule has 0 saturated heterocycles. The summed E-state index contributed by atoms with van der Waals surface area (Å²) in [5, 5.41) is 2.50. The normalized spacial score (nSPS) is 10.9. The summed E-state index contributed by atoms with van der Waals surface area (Å²) in [6.45, 7) is 4.43. The maximum atomic E-state index is 5.36. The molecule has 15 heavy (non-hydrogen) atoms. The molecule has 0 atom stereocenters. The summed E-state index contributed by atoms with van der Waals surface area (Å²) in [6, 6.07) is 12.6. The van der Waals surface area contributed by atoms with Gasteiger partial charge in [-0.2, -0.15) is 0 Å². The van der Waals surface area contributed by atoms with Crippen LogP contribution in [0.1, 0.15) is 25.3 Å². The average molecular weight is 200 g/mol. The van der Waals surface area contributed by atoms with Crippen LogP contribution < -0.4 is 4.74 Å². The molecule has 0 radical (unpaired) electrons. The first-order valence-electron chi connectivity index (χ1n) is 5.29. The third-order valence-electron chi connectivity index (χ3n) is 2.76. The lowest BCUT2D eigenvalue weighted by Crippen LogP contribution is -1.92. The molecule has 0 aliphatic heterocycles. The summed E-state index contributed by atoms with van der Waals surface area (Å²) in [5.74, 6) is 1.50. The van der Waals surface area contributed by atoms with Crippen LogP contribution in [0.15, 0.2) is 36.4 Å². The minimum atomic E-state index is 0.542. The first-order valence-corrected chi connectivity index (χ1v) is 5.29. The number of methoxy groups -OCH3 is 1. The van der Waals surface area contributed by atoms with Gasteiger partial charge in [-0.25, -0.2) is 0 Å². The lowest BCUT2D eigenvalue weighted by molar-refractivity contribution is 0.419. The zero-order valence-electron chi connectivity index (χ0n) is 9.45. The molecule has 1 heteroatoms. The van der Waals surface area contributed by atoms with E-state index in [1.807, 2.05) is 0 Å². The fourth-order valence-corrected chi connectivity index (χ4v) is 1.98. The Morgan fingerprint density at radius 2 is 1.60 bits per heavy atom. The molecular formula is C14H16O. The predicted octanol–water partition coefficient (Wildman–Crippen LogP) is 3.97.